The number of ketones is 1. The maximum Gasteiger partial charge on any atom is 0.290 e. The number of ether oxygens (including phenoxy) is 2. The fraction of sp³-hybridized carbons (Fsp3) is 0.444. The summed E-state index contributed by atoms with van der Waals surface area (Å²) in [5.74, 6) is -0.600. The lowest BCUT2D eigenvalue weighted by atomic mass is 9.95. The molecule has 0 saturated heterocycles. The van der Waals surface area contributed by atoms with E-state index in [2.05, 4.69) is 0 Å². The van der Waals surface area contributed by atoms with Gasteiger partial charge < -0.3 is 19.5 Å². The fourth-order valence-corrected chi connectivity index (χ4v) is 2.84. The number of carbonyl (C=O) groups excluding carboxylic acids is 2. The van der Waals surface area contributed by atoms with Crippen molar-refractivity contribution < 1.29 is 24.2 Å². The van der Waals surface area contributed by atoms with Gasteiger partial charge >= 0.3 is 0 Å². The van der Waals surface area contributed by atoms with Crippen molar-refractivity contribution in [2.45, 2.75) is 26.3 Å². The van der Waals surface area contributed by atoms with Crippen LogP contribution in [0.4, 0.5) is 0 Å². The third-order valence-electron chi connectivity index (χ3n) is 3.95. The molecule has 0 radical (unpaired) electrons. The summed E-state index contributed by atoms with van der Waals surface area (Å²) in [5, 5.41) is 10.2. The van der Waals surface area contributed by atoms with E-state index >= 15 is 0 Å². The second kappa shape index (κ2) is 7.97. The number of amides is 1. The van der Waals surface area contributed by atoms with E-state index in [1.807, 2.05) is 25.1 Å². The molecule has 6 heteroatoms. The average molecular weight is 333 g/mol. The van der Waals surface area contributed by atoms with E-state index in [1.165, 1.54) is 12.0 Å². The van der Waals surface area contributed by atoms with E-state index < -0.39 is 17.7 Å². The summed E-state index contributed by atoms with van der Waals surface area (Å²) in [6, 6.07) is 6.61. The number of benzene rings is 1. The Morgan fingerprint density at radius 1 is 1.33 bits per heavy atom. The SMILES string of the molecule is CCOc1cccc(C2C(C(=O)CC)=C(O)C(=O)N2CCOC)c1. The highest BCUT2D eigenvalue weighted by atomic mass is 16.5. The largest absolute Gasteiger partial charge is 0.503 e. The zero-order valence-corrected chi connectivity index (χ0v) is 14.2. The van der Waals surface area contributed by atoms with Crippen LogP contribution in [0.1, 0.15) is 31.9 Å². The van der Waals surface area contributed by atoms with Gasteiger partial charge in [0.25, 0.3) is 5.91 Å². The van der Waals surface area contributed by atoms with Gasteiger partial charge in [-0.05, 0) is 24.6 Å². The van der Waals surface area contributed by atoms with Gasteiger partial charge in [-0.1, -0.05) is 19.1 Å². The molecule has 0 aliphatic carbocycles. The number of nitrogens with zero attached hydrogens (tertiary/aromatic N) is 1. The minimum Gasteiger partial charge on any atom is -0.503 e. The molecule has 1 unspecified atom stereocenters. The quantitative estimate of drug-likeness (QED) is 0.790. The number of hydrogen-bond donors (Lipinski definition) is 1. The van der Waals surface area contributed by atoms with E-state index in [0.29, 0.717) is 19.0 Å². The number of carbonyl (C=O) groups is 2. The molecule has 0 fully saturated rings. The maximum atomic E-state index is 12.4. The Bertz CT molecular complexity index is 653. The van der Waals surface area contributed by atoms with Crippen LogP contribution in [0, 0.1) is 0 Å². The van der Waals surface area contributed by atoms with Crippen LogP contribution >= 0.6 is 0 Å². The minimum absolute atomic E-state index is 0.146. The zero-order chi connectivity index (χ0) is 17.7. The number of methoxy groups -OCH3 is 1. The summed E-state index contributed by atoms with van der Waals surface area (Å²) in [6.07, 6.45) is 0.215. The van der Waals surface area contributed by atoms with Crippen LogP contribution in [0.3, 0.4) is 0 Å². The molecule has 130 valence electrons. The Kier molecular flexibility index (Phi) is 5.98. The predicted molar refractivity (Wildman–Crippen MR) is 88.9 cm³/mol. The van der Waals surface area contributed by atoms with E-state index in [0.717, 1.165) is 5.56 Å². The monoisotopic (exact) mass is 333 g/mol. The number of aliphatic hydroxyl groups excluding tert-OH is 1. The summed E-state index contributed by atoms with van der Waals surface area (Å²) in [4.78, 5) is 26.2. The maximum absolute atomic E-state index is 12.4. The van der Waals surface area contributed by atoms with Crippen molar-refractivity contribution in [1.82, 2.24) is 4.90 Å². The van der Waals surface area contributed by atoms with E-state index in [4.69, 9.17) is 9.47 Å². The zero-order valence-electron chi connectivity index (χ0n) is 14.2. The van der Waals surface area contributed by atoms with Gasteiger partial charge in [0.15, 0.2) is 11.5 Å². The smallest absolute Gasteiger partial charge is 0.290 e. The van der Waals surface area contributed by atoms with Crippen LogP contribution in [0.15, 0.2) is 35.6 Å². The van der Waals surface area contributed by atoms with Crippen molar-refractivity contribution in [2.75, 3.05) is 26.9 Å². The van der Waals surface area contributed by atoms with E-state index in [9.17, 15) is 14.7 Å². The van der Waals surface area contributed by atoms with Gasteiger partial charge in [-0.3, -0.25) is 9.59 Å². The highest BCUT2D eigenvalue weighted by Gasteiger charge is 2.42. The first-order valence-electron chi connectivity index (χ1n) is 8.04. The Balaban J connectivity index is 2.48. The molecule has 1 N–H and O–H groups in total. The number of aliphatic hydroxyl groups is 1. The van der Waals surface area contributed by atoms with Gasteiger partial charge in [-0.2, -0.15) is 0 Å². The van der Waals surface area contributed by atoms with Crippen molar-refractivity contribution in [3.8, 4) is 5.75 Å². The Morgan fingerprint density at radius 2 is 2.08 bits per heavy atom. The summed E-state index contributed by atoms with van der Waals surface area (Å²) in [6.45, 7) is 4.70. The molecule has 1 aromatic rings. The van der Waals surface area contributed by atoms with Crippen LogP contribution < -0.4 is 4.74 Å². The molecule has 0 saturated carbocycles. The molecular formula is C18H23NO5. The van der Waals surface area contributed by atoms with Crippen LogP contribution in [0.5, 0.6) is 5.75 Å². The molecule has 1 amide bonds. The summed E-state index contributed by atoms with van der Waals surface area (Å²) < 4.78 is 10.6. The third kappa shape index (κ3) is 3.43. The van der Waals surface area contributed by atoms with Gasteiger partial charge in [-0.15, -0.1) is 0 Å². The molecule has 1 heterocycles. The minimum atomic E-state index is -0.625. The fourth-order valence-electron chi connectivity index (χ4n) is 2.84. The Morgan fingerprint density at radius 3 is 2.71 bits per heavy atom. The van der Waals surface area contributed by atoms with Crippen LogP contribution in [-0.4, -0.2) is 48.6 Å². The summed E-state index contributed by atoms with van der Waals surface area (Å²) >= 11 is 0. The normalized spacial score (nSPS) is 17.5. The molecule has 6 nitrogen and oxygen atoms in total. The van der Waals surface area contributed by atoms with Gasteiger partial charge in [0.05, 0.1) is 24.8 Å². The first-order chi connectivity index (χ1) is 11.5. The molecule has 1 aliphatic heterocycles. The third-order valence-corrected chi connectivity index (χ3v) is 3.95. The Hall–Kier alpha value is -2.34. The average Bonchev–Trinajstić information content (AvgIpc) is 2.84. The van der Waals surface area contributed by atoms with Gasteiger partial charge in [0.1, 0.15) is 5.75 Å². The lowest BCUT2D eigenvalue weighted by Crippen LogP contribution is -2.33. The second-order valence-electron chi connectivity index (χ2n) is 5.44. The van der Waals surface area contributed by atoms with Crippen molar-refractivity contribution in [1.29, 1.82) is 0 Å². The summed E-state index contributed by atoms with van der Waals surface area (Å²) in [5.41, 5.74) is 0.874. The molecule has 0 aromatic heterocycles. The van der Waals surface area contributed by atoms with Crippen LogP contribution in [-0.2, 0) is 14.3 Å². The van der Waals surface area contributed by atoms with Gasteiger partial charge in [0, 0.05) is 20.1 Å². The van der Waals surface area contributed by atoms with Crippen molar-refractivity contribution in [3.63, 3.8) is 0 Å². The molecule has 0 spiro atoms. The van der Waals surface area contributed by atoms with Crippen molar-refractivity contribution >= 4 is 11.7 Å². The number of Topliss-reactive ketones (excluding diaryl/α,β-unsaturated/α-hetero) is 1. The molecule has 0 bridgehead atoms. The van der Waals surface area contributed by atoms with Gasteiger partial charge in [-0.25, -0.2) is 0 Å². The first-order valence-corrected chi connectivity index (χ1v) is 8.04. The first kappa shape index (κ1) is 18.0. The highest BCUT2D eigenvalue weighted by molar-refractivity contribution is 6.08. The lowest BCUT2D eigenvalue weighted by molar-refractivity contribution is -0.130. The molecule has 1 aromatic carbocycles. The predicted octanol–water partition coefficient (Wildman–Crippen LogP) is 2.41. The number of rotatable bonds is 8. The highest BCUT2D eigenvalue weighted by Crippen LogP contribution is 2.38. The van der Waals surface area contributed by atoms with Crippen LogP contribution in [0.25, 0.3) is 0 Å². The second-order valence-corrected chi connectivity index (χ2v) is 5.44. The lowest BCUT2D eigenvalue weighted by Gasteiger charge is -2.26. The van der Waals surface area contributed by atoms with Crippen molar-refractivity contribution in [2.24, 2.45) is 0 Å². The summed E-state index contributed by atoms with van der Waals surface area (Å²) in [7, 11) is 1.54. The van der Waals surface area contributed by atoms with E-state index in [1.54, 1.807) is 13.0 Å². The molecule has 24 heavy (non-hydrogen) atoms. The Labute approximate surface area is 141 Å². The molecule has 2 rings (SSSR count). The topological polar surface area (TPSA) is 76.1 Å². The van der Waals surface area contributed by atoms with Crippen LogP contribution in [0.2, 0.25) is 0 Å². The molecule has 1 atom stereocenters. The molecule has 1 aliphatic rings. The van der Waals surface area contributed by atoms with Crippen molar-refractivity contribution in [3.05, 3.63) is 41.2 Å². The van der Waals surface area contributed by atoms with E-state index in [-0.39, 0.29) is 24.3 Å². The number of hydrogen-bond acceptors (Lipinski definition) is 5. The molecular weight excluding hydrogens is 310 g/mol. The van der Waals surface area contributed by atoms with Gasteiger partial charge in [0.2, 0.25) is 0 Å². The standard InChI is InChI=1S/C18H23NO5/c1-4-14(20)15-16(12-7-6-8-13(11-12)24-5-2)19(9-10-23-3)18(22)17(15)21/h6-8,11,16,21H,4-5,9-10H2,1-3H3.